The van der Waals surface area contributed by atoms with Gasteiger partial charge in [-0.25, -0.2) is 4.39 Å². The standard InChI is InChI=1S/C20H20ClFN2O/c1-15-2-6-17(21)14-19(15)23-10-12-24(13-11-23)20(25)9-5-16-3-7-18(22)8-4-16/h2-9,14H,10-13H2,1H3/b9-5-/i5D,9D. The van der Waals surface area contributed by atoms with E-state index in [-0.39, 0.29) is 12.1 Å². The molecule has 2 aromatic rings. The minimum absolute atomic E-state index is 0.201. The fourth-order valence-electron chi connectivity index (χ4n) is 2.81. The van der Waals surface area contributed by atoms with Crippen molar-refractivity contribution in [1.29, 1.82) is 0 Å². The predicted molar refractivity (Wildman–Crippen MR) is 100 cm³/mol. The maximum atomic E-state index is 13.0. The normalized spacial score (nSPS) is 16.9. The molecule has 0 radical (unpaired) electrons. The Morgan fingerprint density at radius 2 is 1.84 bits per heavy atom. The Balaban J connectivity index is 1.70. The number of nitrogens with zero attached hydrogens (tertiary/aromatic N) is 2. The van der Waals surface area contributed by atoms with Crippen LogP contribution < -0.4 is 4.90 Å². The van der Waals surface area contributed by atoms with Gasteiger partial charge in [-0.3, -0.25) is 4.79 Å². The molecule has 1 heterocycles. The number of piperazine rings is 1. The summed E-state index contributed by atoms with van der Waals surface area (Å²) in [5.41, 5.74) is 2.51. The van der Waals surface area contributed by atoms with E-state index < -0.39 is 11.7 Å². The molecule has 0 saturated carbocycles. The van der Waals surface area contributed by atoms with E-state index in [1.54, 1.807) is 4.90 Å². The van der Waals surface area contributed by atoms with E-state index in [1.165, 1.54) is 24.3 Å². The Kier molecular flexibility index (Phi) is 4.61. The maximum Gasteiger partial charge on any atom is 0.246 e. The molecular formula is C20H20ClFN2O. The molecular weight excluding hydrogens is 339 g/mol. The first-order valence-corrected chi connectivity index (χ1v) is 8.48. The van der Waals surface area contributed by atoms with E-state index in [4.69, 9.17) is 14.3 Å². The molecule has 5 heteroatoms. The molecule has 0 bridgehead atoms. The molecule has 2 aromatic carbocycles. The zero-order valence-corrected chi connectivity index (χ0v) is 14.7. The van der Waals surface area contributed by atoms with Crippen LogP contribution >= 0.6 is 11.6 Å². The first kappa shape index (κ1) is 15.0. The summed E-state index contributed by atoms with van der Waals surface area (Å²) in [6.07, 6.45) is 0. The third-order valence-corrected chi connectivity index (χ3v) is 4.47. The summed E-state index contributed by atoms with van der Waals surface area (Å²) in [6, 6.07) is 10.4. The van der Waals surface area contributed by atoms with E-state index >= 15 is 0 Å². The highest BCUT2D eigenvalue weighted by molar-refractivity contribution is 6.30. The Bertz CT molecular complexity index is 878. The summed E-state index contributed by atoms with van der Waals surface area (Å²) >= 11 is 6.09. The number of carbonyl (C=O) groups excluding carboxylic acids is 1. The van der Waals surface area contributed by atoms with Crippen molar-refractivity contribution >= 4 is 29.2 Å². The number of halogens is 2. The maximum absolute atomic E-state index is 13.0. The lowest BCUT2D eigenvalue weighted by Gasteiger charge is -2.36. The van der Waals surface area contributed by atoms with E-state index in [9.17, 15) is 9.18 Å². The van der Waals surface area contributed by atoms with E-state index in [0.29, 0.717) is 36.8 Å². The summed E-state index contributed by atoms with van der Waals surface area (Å²) in [6.45, 7) is 4.20. The third-order valence-electron chi connectivity index (χ3n) is 4.24. The summed E-state index contributed by atoms with van der Waals surface area (Å²) in [7, 11) is 0. The number of hydrogen-bond donors (Lipinski definition) is 0. The highest BCUT2D eigenvalue weighted by Gasteiger charge is 2.20. The summed E-state index contributed by atoms with van der Waals surface area (Å²) in [5.74, 6) is -0.899. The van der Waals surface area contributed by atoms with Gasteiger partial charge in [-0.15, -0.1) is 0 Å². The molecule has 0 aromatic heterocycles. The number of rotatable bonds is 3. The minimum Gasteiger partial charge on any atom is -0.368 e. The monoisotopic (exact) mass is 360 g/mol. The second-order valence-electron chi connectivity index (χ2n) is 5.97. The van der Waals surface area contributed by atoms with Crippen LogP contribution in [-0.4, -0.2) is 37.0 Å². The average Bonchev–Trinajstić information content (AvgIpc) is 2.69. The third kappa shape index (κ3) is 4.40. The van der Waals surface area contributed by atoms with Crippen LogP contribution in [0.3, 0.4) is 0 Å². The van der Waals surface area contributed by atoms with Gasteiger partial charge in [0, 0.05) is 42.9 Å². The molecule has 1 aliphatic heterocycles. The van der Waals surface area contributed by atoms with Gasteiger partial charge in [0.2, 0.25) is 5.91 Å². The van der Waals surface area contributed by atoms with Crippen LogP contribution in [0.1, 0.15) is 13.9 Å². The lowest BCUT2D eigenvalue weighted by molar-refractivity contribution is -0.126. The number of aryl methyl sites for hydroxylation is 1. The average molecular weight is 361 g/mol. The summed E-state index contributed by atoms with van der Waals surface area (Å²) in [4.78, 5) is 16.3. The van der Waals surface area contributed by atoms with Crippen molar-refractivity contribution in [2.45, 2.75) is 6.92 Å². The second kappa shape index (κ2) is 7.70. The van der Waals surface area contributed by atoms with Gasteiger partial charge in [0.05, 0.1) is 2.74 Å². The SMILES string of the molecule is [2H]/C(C(=O)N1CCN(c2cc(Cl)ccc2C)CC1)=C(\[2H])c1ccc(F)cc1. The molecule has 0 spiro atoms. The molecule has 130 valence electrons. The molecule has 1 aliphatic rings. The van der Waals surface area contributed by atoms with Crippen LogP contribution in [0.4, 0.5) is 10.1 Å². The van der Waals surface area contributed by atoms with Crippen molar-refractivity contribution in [3.05, 3.63) is 70.5 Å². The number of amides is 1. The molecule has 0 unspecified atom stereocenters. The number of carbonyl (C=O) groups is 1. The van der Waals surface area contributed by atoms with Gasteiger partial charge < -0.3 is 9.80 Å². The summed E-state index contributed by atoms with van der Waals surface area (Å²) < 4.78 is 29.1. The van der Waals surface area contributed by atoms with Crippen LogP contribution in [0.5, 0.6) is 0 Å². The van der Waals surface area contributed by atoms with Gasteiger partial charge in [-0.05, 0) is 48.4 Å². The van der Waals surface area contributed by atoms with Gasteiger partial charge in [0.1, 0.15) is 5.82 Å². The van der Waals surface area contributed by atoms with Gasteiger partial charge in [0.15, 0.2) is 0 Å². The molecule has 1 fully saturated rings. The fourth-order valence-corrected chi connectivity index (χ4v) is 2.98. The van der Waals surface area contributed by atoms with Gasteiger partial charge >= 0.3 is 0 Å². The number of benzene rings is 2. The first-order valence-electron chi connectivity index (χ1n) is 9.10. The zero-order valence-electron chi connectivity index (χ0n) is 15.9. The van der Waals surface area contributed by atoms with Gasteiger partial charge in [-0.1, -0.05) is 29.8 Å². The summed E-state index contributed by atoms with van der Waals surface area (Å²) in [5, 5.41) is 0.670. The predicted octanol–water partition coefficient (Wildman–Crippen LogP) is 4.15. The van der Waals surface area contributed by atoms with Crippen molar-refractivity contribution in [3.63, 3.8) is 0 Å². The molecule has 1 amide bonds. The Morgan fingerprint density at radius 1 is 1.16 bits per heavy atom. The number of anilines is 1. The molecule has 3 rings (SSSR count). The lowest BCUT2D eigenvalue weighted by Crippen LogP contribution is -2.48. The van der Waals surface area contributed by atoms with E-state index in [2.05, 4.69) is 4.90 Å². The minimum atomic E-state index is -0.480. The Hall–Kier alpha value is -2.33. The van der Waals surface area contributed by atoms with Crippen LogP contribution in [0.25, 0.3) is 6.05 Å². The molecule has 0 aliphatic carbocycles. The van der Waals surface area contributed by atoms with E-state index in [0.717, 1.165) is 11.3 Å². The van der Waals surface area contributed by atoms with Gasteiger partial charge in [0.25, 0.3) is 0 Å². The molecule has 25 heavy (non-hydrogen) atoms. The van der Waals surface area contributed by atoms with Crippen LogP contribution in [0.2, 0.25) is 5.02 Å². The Morgan fingerprint density at radius 3 is 2.52 bits per heavy atom. The quantitative estimate of drug-likeness (QED) is 0.768. The van der Waals surface area contributed by atoms with Gasteiger partial charge in [-0.2, -0.15) is 0 Å². The van der Waals surface area contributed by atoms with Crippen LogP contribution in [0.15, 0.2) is 48.5 Å². The van der Waals surface area contributed by atoms with E-state index in [1.807, 2.05) is 25.1 Å². The fraction of sp³-hybridized carbons (Fsp3) is 0.250. The molecule has 0 N–H and O–H groups in total. The second-order valence-corrected chi connectivity index (χ2v) is 6.40. The van der Waals surface area contributed by atoms with Crippen molar-refractivity contribution in [3.8, 4) is 0 Å². The smallest absolute Gasteiger partial charge is 0.246 e. The van der Waals surface area contributed by atoms with Crippen molar-refractivity contribution in [1.82, 2.24) is 4.90 Å². The molecule has 3 nitrogen and oxygen atoms in total. The molecule has 0 atom stereocenters. The highest BCUT2D eigenvalue weighted by Crippen LogP contribution is 2.25. The number of hydrogen-bond acceptors (Lipinski definition) is 2. The zero-order chi connectivity index (χ0) is 19.6. The van der Waals surface area contributed by atoms with Crippen molar-refractivity contribution in [2.75, 3.05) is 31.1 Å². The highest BCUT2D eigenvalue weighted by atomic mass is 35.5. The topological polar surface area (TPSA) is 23.6 Å². The Labute approximate surface area is 155 Å². The van der Waals surface area contributed by atoms with Crippen molar-refractivity contribution < 1.29 is 11.9 Å². The van der Waals surface area contributed by atoms with Crippen molar-refractivity contribution in [2.24, 2.45) is 0 Å². The van der Waals surface area contributed by atoms with Crippen LogP contribution in [0, 0.1) is 12.7 Å². The first-order chi connectivity index (χ1) is 12.9. The van der Waals surface area contributed by atoms with Crippen LogP contribution in [-0.2, 0) is 4.79 Å². The largest absolute Gasteiger partial charge is 0.368 e. The molecule has 1 saturated heterocycles. The lowest BCUT2D eigenvalue weighted by atomic mass is 10.1.